The summed E-state index contributed by atoms with van der Waals surface area (Å²) in [5.74, 6) is 2.07. The van der Waals surface area contributed by atoms with Crippen molar-refractivity contribution < 1.29 is 9.59 Å². The summed E-state index contributed by atoms with van der Waals surface area (Å²) in [6.45, 7) is 2.72. The summed E-state index contributed by atoms with van der Waals surface area (Å²) < 4.78 is 0. The molecule has 0 bridgehead atoms. The third-order valence-electron chi connectivity index (χ3n) is 3.98. The third kappa shape index (κ3) is 3.37. The molecule has 1 aromatic rings. The molecule has 112 valence electrons. The van der Waals surface area contributed by atoms with E-state index in [1.165, 1.54) is 0 Å². The van der Waals surface area contributed by atoms with Gasteiger partial charge in [0, 0.05) is 56.5 Å². The van der Waals surface area contributed by atoms with E-state index in [9.17, 15) is 9.59 Å². The topological polar surface area (TPSA) is 53.5 Å². The summed E-state index contributed by atoms with van der Waals surface area (Å²) in [6, 6.07) is 3.82. The van der Waals surface area contributed by atoms with E-state index in [4.69, 9.17) is 0 Å². The minimum atomic E-state index is -0.169. The molecule has 6 heteroatoms. The van der Waals surface area contributed by atoms with Crippen LogP contribution in [0.25, 0.3) is 0 Å². The molecule has 2 saturated heterocycles. The average Bonchev–Trinajstić information content (AvgIpc) is 2.89. The Bertz CT molecular complexity index is 517. The van der Waals surface area contributed by atoms with E-state index in [-0.39, 0.29) is 17.7 Å². The fourth-order valence-corrected chi connectivity index (χ4v) is 3.75. The first-order valence-electron chi connectivity index (χ1n) is 7.27. The standard InChI is InChI=1S/C15H19N3O2S/c19-14-8-13(15(20)17-4-6-21-7-5-17)11-18(14)10-12-2-1-3-16-9-12/h1-3,9,13H,4-8,10-11H2. The van der Waals surface area contributed by atoms with Gasteiger partial charge in [-0.05, 0) is 11.6 Å². The van der Waals surface area contributed by atoms with Crippen LogP contribution in [0.15, 0.2) is 24.5 Å². The van der Waals surface area contributed by atoms with Gasteiger partial charge in [0.25, 0.3) is 0 Å². The second kappa shape index (κ2) is 6.47. The van der Waals surface area contributed by atoms with Crippen LogP contribution >= 0.6 is 11.8 Å². The number of carbonyl (C=O) groups is 2. The molecule has 2 fully saturated rings. The molecule has 2 aliphatic heterocycles. The fourth-order valence-electron chi connectivity index (χ4n) is 2.84. The summed E-state index contributed by atoms with van der Waals surface area (Å²) in [7, 11) is 0. The fraction of sp³-hybridized carbons (Fsp3) is 0.533. The Hall–Kier alpha value is -1.56. The Kier molecular flexibility index (Phi) is 4.43. The lowest BCUT2D eigenvalue weighted by atomic mass is 10.1. The molecule has 1 atom stereocenters. The smallest absolute Gasteiger partial charge is 0.228 e. The Balaban J connectivity index is 1.60. The highest BCUT2D eigenvalue weighted by molar-refractivity contribution is 7.99. The van der Waals surface area contributed by atoms with Gasteiger partial charge in [-0.25, -0.2) is 0 Å². The number of nitrogens with zero attached hydrogens (tertiary/aromatic N) is 3. The predicted molar refractivity (Wildman–Crippen MR) is 81.7 cm³/mol. The van der Waals surface area contributed by atoms with Gasteiger partial charge in [-0.3, -0.25) is 14.6 Å². The van der Waals surface area contributed by atoms with Gasteiger partial charge in [0.15, 0.2) is 0 Å². The second-order valence-corrected chi connectivity index (χ2v) is 6.70. The lowest BCUT2D eigenvalue weighted by Crippen LogP contribution is -2.42. The van der Waals surface area contributed by atoms with E-state index in [1.54, 1.807) is 17.3 Å². The van der Waals surface area contributed by atoms with Crippen LogP contribution in [0.2, 0.25) is 0 Å². The number of likely N-dealkylation sites (tertiary alicyclic amines) is 1. The van der Waals surface area contributed by atoms with E-state index in [0.717, 1.165) is 30.2 Å². The largest absolute Gasteiger partial charge is 0.341 e. The zero-order chi connectivity index (χ0) is 14.7. The molecule has 1 aromatic heterocycles. The first-order chi connectivity index (χ1) is 10.2. The number of amides is 2. The zero-order valence-corrected chi connectivity index (χ0v) is 12.7. The maximum Gasteiger partial charge on any atom is 0.228 e. The molecule has 0 aliphatic carbocycles. The summed E-state index contributed by atoms with van der Waals surface area (Å²) in [4.78, 5) is 32.3. The highest BCUT2D eigenvalue weighted by Crippen LogP contribution is 2.23. The minimum absolute atomic E-state index is 0.0728. The number of pyridine rings is 1. The number of aromatic nitrogens is 1. The van der Waals surface area contributed by atoms with Crippen molar-refractivity contribution in [1.29, 1.82) is 0 Å². The third-order valence-corrected chi connectivity index (χ3v) is 4.93. The van der Waals surface area contributed by atoms with Crippen molar-refractivity contribution in [2.75, 3.05) is 31.1 Å². The first kappa shape index (κ1) is 14.4. The van der Waals surface area contributed by atoms with Crippen LogP contribution in [0.1, 0.15) is 12.0 Å². The van der Waals surface area contributed by atoms with Gasteiger partial charge >= 0.3 is 0 Å². The van der Waals surface area contributed by atoms with Gasteiger partial charge in [0.05, 0.1) is 5.92 Å². The molecule has 0 spiro atoms. The molecule has 0 radical (unpaired) electrons. The van der Waals surface area contributed by atoms with Crippen LogP contribution in [0.4, 0.5) is 0 Å². The van der Waals surface area contributed by atoms with Crippen molar-refractivity contribution in [3.8, 4) is 0 Å². The summed E-state index contributed by atoms with van der Waals surface area (Å²) in [5.41, 5.74) is 1.01. The molecule has 5 nitrogen and oxygen atoms in total. The molecule has 2 aliphatic rings. The van der Waals surface area contributed by atoms with Crippen LogP contribution in [0, 0.1) is 5.92 Å². The van der Waals surface area contributed by atoms with Crippen molar-refractivity contribution in [1.82, 2.24) is 14.8 Å². The van der Waals surface area contributed by atoms with Crippen LogP contribution in [-0.4, -0.2) is 57.7 Å². The molecule has 0 saturated carbocycles. The quantitative estimate of drug-likeness (QED) is 0.836. The molecule has 1 unspecified atom stereocenters. The summed E-state index contributed by atoms with van der Waals surface area (Å²) in [5, 5.41) is 0. The van der Waals surface area contributed by atoms with Crippen molar-refractivity contribution in [3.05, 3.63) is 30.1 Å². The average molecular weight is 305 g/mol. The lowest BCUT2D eigenvalue weighted by molar-refractivity contribution is -0.135. The highest BCUT2D eigenvalue weighted by Gasteiger charge is 2.36. The molecule has 3 rings (SSSR count). The van der Waals surface area contributed by atoms with E-state index in [1.807, 2.05) is 28.8 Å². The molecule has 21 heavy (non-hydrogen) atoms. The Morgan fingerprint density at radius 2 is 2.19 bits per heavy atom. The van der Waals surface area contributed by atoms with Crippen molar-refractivity contribution >= 4 is 23.6 Å². The van der Waals surface area contributed by atoms with E-state index >= 15 is 0 Å². The van der Waals surface area contributed by atoms with Crippen LogP contribution in [-0.2, 0) is 16.1 Å². The number of thioether (sulfide) groups is 1. The molecule has 3 heterocycles. The van der Waals surface area contributed by atoms with E-state index < -0.39 is 0 Å². The van der Waals surface area contributed by atoms with Crippen molar-refractivity contribution in [2.24, 2.45) is 5.92 Å². The summed E-state index contributed by atoms with van der Waals surface area (Å²) in [6.07, 6.45) is 3.84. The van der Waals surface area contributed by atoms with Crippen molar-refractivity contribution in [2.45, 2.75) is 13.0 Å². The monoisotopic (exact) mass is 305 g/mol. The molecular formula is C15H19N3O2S. The zero-order valence-electron chi connectivity index (χ0n) is 11.9. The van der Waals surface area contributed by atoms with Gasteiger partial charge in [-0.2, -0.15) is 11.8 Å². The number of carbonyl (C=O) groups excluding carboxylic acids is 2. The normalized spacial score (nSPS) is 22.7. The number of rotatable bonds is 3. The molecule has 0 aromatic carbocycles. The van der Waals surface area contributed by atoms with Gasteiger partial charge in [-0.1, -0.05) is 6.07 Å². The van der Waals surface area contributed by atoms with Gasteiger partial charge in [0.1, 0.15) is 0 Å². The number of hydrogen-bond acceptors (Lipinski definition) is 4. The molecule has 2 amide bonds. The predicted octanol–water partition coefficient (Wildman–Crippen LogP) is 1.01. The maximum absolute atomic E-state index is 12.5. The van der Waals surface area contributed by atoms with Gasteiger partial charge in [0.2, 0.25) is 11.8 Å². The maximum atomic E-state index is 12.5. The van der Waals surface area contributed by atoms with Crippen molar-refractivity contribution in [3.63, 3.8) is 0 Å². The van der Waals surface area contributed by atoms with Gasteiger partial charge in [-0.15, -0.1) is 0 Å². The van der Waals surface area contributed by atoms with Gasteiger partial charge < -0.3 is 9.80 Å². The summed E-state index contributed by atoms with van der Waals surface area (Å²) >= 11 is 1.88. The minimum Gasteiger partial charge on any atom is -0.341 e. The van der Waals surface area contributed by atoms with E-state index in [2.05, 4.69) is 4.98 Å². The van der Waals surface area contributed by atoms with Crippen LogP contribution < -0.4 is 0 Å². The SMILES string of the molecule is O=C1CC(C(=O)N2CCSCC2)CN1Cc1cccnc1. The van der Waals surface area contributed by atoms with Crippen LogP contribution in [0.5, 0.6) is 0 Å². The van der Waals surface area contributed by atoms with E-state index in [0.29, 0.717) is 19.5 Å². The molecule has 0 N–H and O–H groups in total. The Labute approximate surface area is 128 Å². The van der Waals surface area contributed by atoms with Crippen LogP contribution in [0.3, 0.4) is 0 Å². The second-order valence-electron chi connectivity index (χ2n) is 5.47. The lowest BCUT2D eigenvalue weighted by Gasteiger charge is -2.28. The number of hydrogen-bond donors (Lipinski definition) is 0. The Morgan fingerprint density at radius 3 is 2.90 bits per heavy atom. The molecular weight excluding hydrogens is 286 g/mol. The Morgan fingerprint density at radius 1 is 1.38 bits per heavy atom. The first-order valence-corrected chi connectivity index (χ1v) is 8.43. The highest BCUT2D eigenvalue weighted by atomic mass is 32.2.